The minimum Gasteiger partial charge on any atom is -0.494 e. The number of hydrogen-bond donors (Lipinski definition) is 2. The molecule has 0 spiro atoms. The highest BCUT2D eigenvalue weighted by atomic mass is 16.5. The molecule has 2 N–H and O–H groups in total. The van der Waals surface area contributed by atoms with Gasteiger partial charge in [0.1, 0.15) is 17.8 Å². The van der Waals surface area contributed by atoms with Crippen LogP contribution >= 0.6 is 0 Å². The maximum absolute atomic E-state index is 13.0. The van der Waals surface area contributed by atoms with Crippen LogP contribution < -0.4 is 24.8 Å². The van der Waals surface area contributed by atoms with Gasteiger partial charge in [-0.2, -0.15) is 0 Å². The Bertz CT molecular complexity index is 1020. The van der Waals surface area contributed by atoms with Gasteiger partial charge in [-0.15, -0.1) is 0 Å². The van der Waals surface area contributed by atoms with Gasteiger partial charge in [0.15, 0.2) is 11.5 Å². The van der Waals surface area contributed by atoms with E-state index in [9.17, 15) is 14.4 Å². The van der Waals surface area contributed by atoms with Crippen LogP contribution in [0.4, 0.5) is 4.79 Å². The van der Waals surface area contributed by atoms with Crippen LogP contribution in [0.2, 0.25) is 0 Å². The van der Waals surface area contributed by atoms with Gasteiger partial charge < -0.3 is 24.8 Å². The van der Waals surface area contributed by atoms with Crippen LogP contribution in [-0.2, 0) is 21.5 Å². The first kappa shape index (κ1) is 23.9. The minimum atomic E-state index is -1.25. The lowest BCUT2D eigenvalue weighted by Crippen LogP contribution is -2.43. The van der Waals surface area contributed by atoms with Crippen LogP contribution in [0.25, 0.3) is 0 Å². The molecular weight excluding hydrogens is 426 g/mol. The molecule has 1 saturated heterocycles. The largest absolute Gasteiger partial charge is 0.494 e. The lowest BCUT2D eigenvalue weighted by atomic mass is 9.92. The lowest BCUT2D eigenvalue weighted by molar-refractivity contribution is -0.134. The van der Waals surface area contributed by atoms with Crippen molar-refractivity contribution in [3.63, 3.8) is 0 Å². The predicted octanol–water partition coefficient (Wildman–Crippen LogP) is 2.23. The van der Waals surface area contributed by atoms with Crippen LogP contribution in [0, 0.1) is 0 Å². The second-order valence-corrected chi connectivity index (χ2v) is 7.69. The number of ether oxygens (including phenoxy) is 3. The van der Waals surface area contributed by atoms with Gasteiger partial charge in [-0.1, -0.05) is 18.2 Å². The molecule has 1 fully saturated rings. The van der Waals surface area contributed by atoms with Gasteiger partial charge >= 0.3 is 6.03 Å². The normalized spacial score (nSPS) is 17.5. The fourth-order valence-electron chi connectivity index (χ4n) is 3.67. The fraction of sp³-hybridized carbons (Fsp3) is 0.375. The Morgan fingerprint density at radius 2 is 1.76 bits per heavy atom. The van der Waals surface area contributed by atoms with E-state index in [1.807, 2.05) is 19.1 Å². The van der Waals surface area contributed by atoms with Crippen molar-refractivity contribution in [1.29, 1.82) is 0 Å². The third kappa shape index (κ3) is 5.19. The molecule has 176 valence electrons. The predicted molar refractivity (Wildman–Crippen MR) is 121 cm³/mol. The number of nitrogens with zero attached hydrogens (tertiary/aromatic N) is 1. The number of imide groups is 1. The zero-order valence-electron chi connectivity index (χ0n) is 19.3. The first-order chi connectivity index (χ1) is 15.8. The first-order valence-corrected chi connectivity index (χ1v) is 10.7. The standard InChI is InChI=1S/C24H29N3O6/c1-5-33-18-9-7-17(8-10-18)24(2)22(29)27(23(30)26-24)15-21(28)25-13-12-16-6-11-19(31-3)20(14-16)32-4/h6-11,14H,5,12-13,15H2,1-4H3,(H,25,28)(H,26,30). The average molecular weight is 456 g/mol. The summed E-state index contributed by atoms with van der Waals surface area (Å²) < 4.78 is 15.9. The van der Waals surface area contributed by atoms with E-state index in [1.165, 1.54) is 0 Å². The van der Waals surface area contributed by atoms with Crippen LogP contribution in [0.15, 0.2) is 42.5 Å². The van der Waals surface area contributed by atoms with E-state index in [0.717, 1.165) is 10.5 Å². The summed E-state index contributed by atoms with van der Waals surface area (Å²) in [6.45, 7) is 4.02. The Morgan fingerprint density at radius 1 is 1.06 bits per heavy atom. The van der Waals surface area contributed by atoms with Crippen molar-refractivity contribution in [3.05, 3.63) is 53.6 Å². The zero-order chi connectivity index (χ0) is 24.0. The Balaban J connectivity index is 1.57. The van der Waals surface area contributed by atoms with Crippen LogP contribution in [0.3, 0.4) is 0 Å². The summed E-state index contributed by atoms with van der Waals surface area (Å²) in [7, 11) is 3.12. The van der Waals surface area contributed by atoms with Crippen molar-refractivity contribution in [2.45, 2.75) is 25.8 Å². The Hall–Kier alpha value is -3.75. The molecule has 33 heavy (non-hydrogen) atoms. The molecule has 1 unspecified atom stereocenters. The molecule has 0 aromatic heterocycles. The van der Waals surface area contributed by atoms with E-state index in [4.69, 9.17) is 14.2 Å². The highest BCUT2D eigenvalue weighted by Crippen LogP contribution is 2.30. The van der Waals surface area contributed by atoms with E-state index in [-0.39, 0.29) is 6.54 Å². The SMILES string of the molecule is CCOc1ccc(C2(C)NC(=O)N(CC(=O)NCCc3ccc(OC)c(OC)c3)C2=O)cc1. The second kappa shape index (κ2) is 10.2. The topological polar surface area (TPSA) is 106 Å². The number of urea groups is 1. The zero-order valence-corrected chi connectivity index (χ0v) is 19.3. The van der Waals surface area contributed by atoms with Gasteiger partial charge in [0, 0.05) is 6.54 Å². The van der Waals surface area contributed by atoms with Crippen LogP contribution in [0.5, 0.6) is 17.2 Å². The fourth-order valence-corrected chi connectivity index (χ4v) is 3.67. The molecule has 0 bridgehead atoms. The average Bonchev–Trinajstić information content (AvgIpc) is 3.03. The van der Waals surface area contributed by atoms with Crippen molar-refractivity contribution in [1.82, 2.24) is 15.5 Å². The molecule has 2 aromatic carbocycles. The lowest BCUT2D eigenvalue weighted by Gasteiger charge is -2.22. The van der Waals surface area contributed by atoms with Crippen LogP contribution in [0.1, 0.15) is 25.0 Å². The second-order valence-electron chi connectivity index (χ2n) is 7.69. The maximum Gasteiger partial charge on any atom is 0.325 e. The first-order valence-electron chi connectivity index (χ1n) is 10.7. The van der Waals surface area contributed by atoms with E-state index in [2.05, 4.69) is 10.6 Å². The Labute approximate surface area is 193 Å². The van der Waals surface area contributed by atoms with E-state index >= 15 is 0 Å². The van der Waals surface area contributed by atoms with Crippen molar-refractivity contribution in [3.8, 4) is 17.2 Å². The smallest absolute Gasteiger partial charge is 0.325 e. The number of methoxy groups -OCH3 is 2. The molecule has 9 heteroatoms. The molecule has 1 aliphatic rings. The number of nitrogens with one attached hydrogen (secondary N) is 2. The van der Waals surface area contributed by atoms with Crippen molar-refractivity contribution < 1.29 is 28.6 Å². The summed E-state index contributed by atoms with van der Waals surface area (Å²) in [4.78, 5) is 38.8. The van der Waals surface area contributed by atoms with E-state index in [1.54, 1.807) is 51.5 Å². The van der Waals surface area contributed by atoms with Gasteiger partial charge in [-0.3, -0.25) is 14.5 Å². The summed E-state index contributed by atoms with van der Waals surface area (Å²) >= 11 is 0. The van der Waals surface area contributed by atoms with Crippen molar-refractivity contribution >= 4 is 17.8 Å². The highest BCUT2D eigenvalue weighted by Gasteiger charge is 2.49. The number of carbonyl (C=O) groups is 3. The van der Waals surface area contributed by atoms with Gasteiger partial charge in [-0.25, -0.2) is 4.79 Å². The number of carbonyl (C=O) groups excluding carboxylic acids is 3. The number of amides is 4. The molecule has 3 rings (SSSR count). The molecule has 0 saturated carbocycles. The van der Waals surface area contributed by atoms with Crippen molar-refractivity contribution in [2.75, 3.05) is 33.9 Å². The summed E-state index contributed by atoms with van der Waals surface area (Å²) in [5.41, 5.74) is 0.313. The third-order valence-corrected chi connectivity index (χ3v) is 5.50. The van der Waals surface area contributed by atoms with Gasteiger partial charge in [0.25, 0.3) is 5.91 Å². The monoisotopic (exact) mass is 455 g/mol. The Morgan fingerprint density at radius 3 is 2.39 bits per heavy atom. The summed E-state index contributed by atoms with van der Waals surface area (Å²) in [6, 6.07) is 11.9. The molecule has 0 aliphatic carbocycles. The van der Waals surface area contributed by atoms with Gasteiger partial charge in [0.2, 0.25) is 5.91 Å². The van der Waals surface area contributed by atoms with Gasteiger partial charge in [0.05, 0.1) is 20.8 Å². The molecule has 1 heterocycles. The van der Waals surface area contributed by atoms with Gasteiger partial charge in [-0.05, 0) is 55.7 Å². The molecular formula is C24H29N3O6. The van der Waals surface area contributed by atoms with E-state index in [0.29, 0.717) is 42.4 Å². The summed E-state index contributed by atoms with van der Waals surface area (Å²) in [6.07, 6.45) is 0.552. The number of rotatable bonds is 10. The third-order valence-electron chi connectivity index (χ3n) is 5.50. The summed E-state index contributed by atoms with van der Waals surface area (Å²) in [5, 5.41) is 5.45. The minimum absolute atomic E-state index is 0.341. The maximum atomic E-state index is 13.0. The Kier molecular flexibility index (Phi) is 7.42. The number of hydrogen-bond acceptors (Lipinski definition) is 6. The molecule has 9 nitrogen and oxygen atoms in total. The highest BCUT2D eigenvalue weighted by molar-refractivity contribution is 6.09. The summed E-state index contributed by atoms with van der Waals surface area (Å²) in [5.74, 6) is 1.00. The molecule has 1 atom stereocenters. The number of benzene rings is 2. The quantitative estimate of drug-likeness (QED) is 0.532. The molecule has 0 radical (unpaired) electrons. The van der Waals surface area contributed by atoms with Crippen molar-refractivity contribution in [2.24, 2.45) is 0 Å². The van der Waals surface area contributed by atoms with Crippen LogP contribution in [-0.4, -0.2) is 56.7 Å². The van der Waals surface area contributed by atoms with E-state index < -0.39 is 23.4 Å². The molecule has 1 aliphatic heterocycles. The molecule has 4 amide bonds. The molecule has 2 aromatic rings.